The van der Waals surface area contributed by atoms with Crippen LogP contribution < -0.4 is 10.6 Å². The number of carbonyl (C=O) groups is 2. The van der Waals surface area contributed by atoms with Gasteiger partial charge in [-0.2, -0.15) is 0 Å². The van der Waals surface area contributed by atoms with Gasteiger partial charge in [-0.25, -0.2) is 0 Å². The van der Waals surface area contributed by atoms with E-state index in [-0.39, 0.29) is 30.2 Å². The Morgan fingerprint density at radius 3 is 2.68 bits per heavy atom. The first-order valence-corrected chi connectivity index (χ1v) is 6.76. The molecule has 19 heavy (non-hydrogen) atoms. The average molecular weight is 264 g/mol. The van der Waals surface area contributed by atoms with E-state index in [1.165, 1.54) is 6.26 Å². The summed E-state index contributed by atoms with van der Waals surface area (Å²) >= 11 is 0. The van der Waals surface area contributed by atoms with Gasteiger partial charge in [-0.1, -0.05) is 6.92 Å². The number of nitrogens with one attached hydrogen (secondary N) is 2. The highest BCUT2D eigenvalue weighted by atomic mass is 16.3. The second-order valence-corrected chi connectivity index (χ2v) is 5.18. The van der Waals surface area contributed by atoms with E-state index in [1.54, 1.807) is 12.1 Å². The fraction of sp³-hybridized carbons (Fsp3) is 0.571. The van der Waals surface area contributed by atoms with E-state index in [0.29, 0.717) is 0 Å². The molecule has 1 aromatic rings. The van der Waals surface area contributed by atoms with Crippen LogP contribution in [-0.2, 0) is 4.79 Å². The van der Waals surface area contributed by atoms with E-state index >= 15 is 0 Å². The van der Waals surface area contributed by atoms with Crippen molar-refractivity contribution >= 4 is 11.8 Å². The molecule has 1 aliphatic carbocycles. The molecule has 0 bridgehead atoms. The van der Waals surface area contributed by atoms with E-state index in [4.69, 9.17) is 4.42 Å². The number of rotatable bonds is 4. The maximum Gasteiger partial charge on any atom is 0.287 e. The summed E-state index contributed by atoms with van der Waals surface area (Å²) in [6.07, 6.45) is 5.80. The maximum atomic E-state index is 11.7. The maximum absolute atomic E-state index is 11.7. The number of carbonyl (C=O) groups excluding carboxylic acids is 2. The summed E-state index contributed by atoms with van der Waals surface area (Å²) in [5.74, 6) is 0.475. The third-order valence-electron chi connectivity index (χ3n) is 3.54. The topological polar surface area (TPSA) is 71.3 Å². The summed E-state index contributed by atoms with van der Waals surface area (Å²) in [4.78, 5) is 23.3. The van der Waals surface area contributed by atoms with Gasteiger partial charge in [-0.15, -0.1) is 0 Å². The summed E-state index contributed by atoms with van der Waals surface area (Å²) in [5.41, 5.74) is 0. The van der Waals surface area contributed by atoms with Gasteiger partial charge < -0.3 is 15.1 Å². The minimum Gasteiger partial charge on any atom is -0.459 e. The lowest BCUT2D eigenvalue weighted by Crippen LogP contribution is -2.43. The van der Waals surface area contributed by atoms with Crippen LogP contribution in [-0.4, -0.2) is 24.4 Å². The van der Waals surface area contributed by atoms with Gasteiger partial charge in [-0.3, -0.25) is 9.59 Å². The van der Waals surface area contributed by atoms with Crippen molar-refractivity contribution in [1.29, 1.82) is 0 Å². The van der Waals surface area contributed by atoms with Crippen molar-refractivity contribution in [3.63, 3.8) is 0 Å². The highest BCUT2D eigenvalue weighted by molar-refractivity contribution is 5.94. The predicted octanol–water partition coefficient (Wildman–Crippen LogP) is 1.70. The van der Waals surface area contributed by atoms with Crippen LogP contribution in [0.3, 0.4) is 0 Å². The van der Waals surface area contributed by atoms with E-state index in [1.807, 2.05) is 0 Å². The molecule has 1 aromatic heterocycles. The normalized spacial score (nSPS) is 22.8. The Labute approximate surface area is 112 Å². The summed E-state index contributed by atoms with van der Waals surface area (Å²) in [7, 11) is 0. The van der Waals surface area contributed by atoms with Crippen molar-refractivity contribution in [1.82, 2.24) is 10.6 Å². The molecule has 2 rings (SSSR count). The van der Waals surface area contributed by atoms with Gasteiger partial charge >= 0.3 is 0 Å². The standard InChI is InChI=1S/C14H20N2O3/c1-10-4-6-11(7-5-10)16-13(17)9-15-14(18)12-3-2-8-19-12/h2-3,8,10-11H,4-7,9H2,1H3,(H,15,18)(H,16,17). The van der Waals surface area contributed by atoms with Gasteiger partial charge in [0.05, 0.1) is 12.8 Å². The lowest BCUT2D eigenvalue weighted by Gasteiger charge is -2.26. The van der Waals surface area contributed by atoms with Gasteiger partial charge in [-0.05, 0) is 43.7 Å². The Bertz CT molecular complexity index is 420. The van der Waals surface area contributed by atoms with Gasteiger partial charge in [0.15, 0.2) is 5.76 Å². The molecular formula is C14H20N2O3. The second-order valence-electron chi connectivity index (χ2n) is 5.18. The third kappa shape index (κ3) is 4.12. The van der Waals surface area contributed by atoms with E-state index < -0.39 is 0 Å². The van der Waals surface area contributed by atoms with Crippen molar-refractivity contribution in [3.05, 3.63) is 24.2 Å². The highest BCUT2D eigenvalue weighted by Gasteiger charge is 2.20. The smallest absolute Gasteiger partial charge is 0.287 e. The molecule has 0 radical (unpaired) electrons. The molecule has 2 amide bonds. The molecule has 0 aliphatic heterocycles. The van der Waals surface area contributed by atoms with E-state index in [0.717, 1.165) is 31.6 Å². The van der Waals surface area contributed by atoms with Crippen LogP contribution in [0, 0.1) is 5.92 Å². The summed E-state index contributed by atoms with van der Waals surface area (Å²) in [5, 5.41) is 5.49. The lowest BCUT2D eigenvalue weighted by atomic mass is 9.87. The summed E-state index contributed by atoms with van der Waals surface area (Å²) < 4.78 is 4.95. The first-order chi connectivity index (χ1) is 9.15. The fourth-order valence-corrected chi connectivity index (χ4v) is 2.34. The Morgan fingerprint density at radius 2 is 2.05 bits per heavy atom. The monoisotopic (exact) mass is 264 g/mol. The van der Waals surface area contributed by atoms with Crippen LogP contribution in [0.1, 0.15) is 43.2 Å². The molecule has 1 saturated carbocycles. The van der Waals surface area contributed by atoms with Gasteiger partial charge in [0, 0.05) is 6.04 Å². The SMILES string of the molecule is CC1CCC(NC(=O)CNC(=O)c2ccco2)CC1. The minimum atomic E-state index is -0.364. The minimum absolute atomic E-state index is 0.00835. The van der Waals surface area contributed by atoms with Crippen molar-refractivity contribution in [2.45, 2.75) is 38.6 Å². The molecule has 0 saturated heterocycles. The zero-order valence-corrected chi connectivity index (χ0v) is 11.1. The Hall–Kier alpha value is -1.78. The molecule has 2 N–H and O–H groups in total. The van der Waals surface area contributed by atoms with E-state index in [2.05, 4.69) is 17.6 Å². The van der Waals surface area contributed by atoms with Gasteiger partial charge in [0.1, 0.15) is 0 Å². The van der Waals surface area contributed by atoms with Crippen LogP contribution in [0.4, 0.5) is 0 Å². The van der Waals surface area contributed by atoms with Crippen molar-refractivity contribution in [3.8, 4) is 0 Å². The zero-order valence-electron chi connectivity index (χ0n) is 11.1. The highest BCUT2D eigenvalue weighted by Crippen LogP contribution is 2.23. The molecule has 0 unspecified atom stereocenters. The molecule has 1 fully saturated rings. The molecule has 104 valence electrons. The Morgan fingerprint density at radius 1 is 1.32 bits per heavy atom. The number of hydrogen-bond acceptors (Lipinski definition) is 3. The van der Waals surface area contributed by atoms with Crippen molar-refractivity contribution in [2.24, 2.45) is 5.92 Å². The van der Waals surface area contributed by atoms with E-state index in [9.17, 15) is 9.59 Å². The molecule has 5 heteroatoms. The van der Waals surface area contributed by atoms with Crippen molar-refractivity contribution in [2.75, 3.05) is 6.54 Å². The number of hydrogen-bond donors (Lipinski definition) is 2. The number of furan rings is 1. The van der Waals surface area contributed by atoms with Crippen LogP contribution in [0.15, 0.2) is 22.8 Å². The van der Waals surface area contributed by atoms with Crippen LogP contribution in [0.5, 0.6) is 0 Å². The Balaban J connectivity index is 1.69. The van der Waals surface area contributed by atoms with Crippen molar-refractivity contribution < 1.29 is 14.0 Å². The largest absolute Gasteiger partial charge is 0.459 e. The summed E-state index contributed by atoms with van der Waals surface area (Å²) in [6.45, 7) is 2.23. The zero-order chi connectivity index (χ0) is 13.7. The first kappa shape index (κ1) is 13.6. The lowest BCUT2D eigenvalue weighted by molar-refractivity contribution is -0.121. The molecule has 0 atom stereocenters. The second kappa shape index (κ2) is 6.41. The quantitative estimate of drug-likeness (QED) is 0.869. The molecule has 1 heterocycles. The van der Waals surface area contributed by atoms with Gasteiger partial charge in [0.25, 0.3) is 5.91 Å². The first-order valence-electron chi connectivity index (χ1n) is 6.76. The predicted molar refractivity (Wildman–Crippen MR) is 70.6 cm³/mol. The Kier molecular flexibility index (Phi) is 4.60. The molecular weight excluding hydrogens is 244 g/mol. The molecule has 1 aliphatic rings. The van der Waals surface area contributed by atoms with Gasteiger partial charge in [0.2, 0.25) is 5.91 Å². The fourth-order valence-electron chi connectivity index (χ4n) is 2.34. The number of amides is 2. The van der Waals surface area contributed by atoms with Crippen LogP contribution in [0.2, 0.25) is 0 Å². The molecule has 0 aromatic carbocycles. The van der Waals surface area contributed by atoms with Crippen LogP contribution in [0.25, 0.3) is 0 Å². The summed E-state index contributed by atoms with van der Waals surface area (Å²) in [6, 6.07) is 3.46. The third-order valence-corrected chi connectivity index (χ3v) is 3.54. The molecule has 5 nitrogen and oxygen atoms in total. The van der Waals surface area contributed by atoms with Crippen LogP contribution >= 0.6 is 0 Å². The molecule has 0 spiro atoms. The average Bonchev–Trinajstić information content (AvgIpc) is 2.93.